The summed E-state index contributed by atoms with van der Waals surface area (Å²) in [6, 6.07) is 7.97. The van der Waals surface area contributed by atoms with Crippen molar-refractivity contribution in [3.63, 3.8) is 0 Å². The predicted octanol–water partition coefficient (Wildman–Crippen LogP) is 4.11. The number of amides is 1. The monoisotopic (exact) mass is 436 g/mol. The maximum Gasteiger partial charge on any atom is 0.227 e. The van der Waals surface area contributed by atoms with Gasteiger partial charge in [0.25, 0.3) is 0 Å². The highest BCUT2D eigenvalue weighted by molar-refractivity contribution is 5.79. The number of nitrogens with two attached hydrogens (primary N) is 1. The smallest absolute Gasteiger partial charge is 0.227 e. The largest absolute Gasteiger partial charge is 0.493 e. The molecule has 0 spiro atoms. The molecule has 0 aromatic heterocycles. The third-order valence-corrected chi connectivity index (χ3v) is 4.99. The Morgan fingerprint density at radius 2 is 1.61 bits per heavy atom. The van der Waals surface area contributed by atoms with Gasteiger partial charge in [-0.15, -0.1) is 0 Å². The van der Waals surface area contributed by atoms with Crippen molar-refractivity contribution >= 4 is 5.91 Å². The molecule has 1 amide bonds. The summed E-state index contributed by atoms with van der Waals surface area (Å²) in [6.45, 7) is 15.6. The van der Waals surface area contributed by atoms with E-state index in [4.69, 9.17) is 19.9 Å². The normalized spacial score (nSPS) is 12.6. The fourth-order valence-corrected chi connectivity index (χ4v) is 3.21. The average molecular weight is 437 g/mol. The molecule has 6 nitrogen and oxygen atoms in total. The van der Waals surface area contributed by atoms with Gasteiger partial charge in [0.2, 0.25) is 5.91 Å². The number of hydrogen-bond acceptors (Lipinski definition) is 5. The highest BCUT2D eigenvalue weighted by Gasteiger charge is 2.26. The molecule has 0 heterocycles. The SMILES string of the molecule is CCOC(CN(CCC(C)C)C(=O)[C@@H](CN)Cc1ccc(OCC(C)C)cc1)OCC. The Bertz CT molecular complexity index is 598. The van der Waals surface area contributed by atoms with Gasteiger partial charge in [-0.3, -0.25) is 4.79 Å². The zero-order chi connectivity index (χ0) is 23.2. The van der Waals surface area contributed by atoms with E-state index in [2.05, 4.69) is 27.7 Å². The summed E-state index contributed by atoms with van der Waals surface area (Å²) in [4.78, 5) is 15.3. The Hall–Kier alpha value is -1.63. The van der Waals surface area contributed by atoms with Crippen LogP contribution in [-0.4, -0.2) is 56.6 Å². The molecule has 0 saturated heterocycles. The average Bonchev–Trinajstić information content (AvgIpc) is 2.73. The van der Waals surface area contributed by atoms with Crippen LogP contribution in [0, 0.1) is 17.8 Å². The first-order valence-corrected chi connectivity index (χ1v) is 11.7. The number of hydrogen-bond donors (Lipinski definition) is 1. The quantitative estimate of drug-likeness (QED) is 0.395. The third kappa shape index (κ3) is 11.0. The highest BCUT2D eigenvalue weighted by Crippen LogP contribution is 2.18. The minimum atomic E-state index is -0.415. The van der Waals surface area contributed by atoms with E-state index in [1.54, 1.807) is 0 Å². The summed E-state index contributed by atoms with van der Waals surface area (Å²) in [5.74, 6) is 1.62. The number of nitrogens with zero attached hydrogens (tertiary/aromatic N) is 1. The van der Waals surface area contributed by atoms with E-state index in [0.717, 1.165) is 17.7 Å². The zero-order valence-corrected chi connectivity index (χ0v) is 20.4. The molecule has 0 aliphatic carbocycles. The molecule has 0 aliphatic rings. The molecule has 6 heteroatoms. The molecule has 2 N–H and O–H groups in total. The van der Waals surface area contributed by atoms with Gasteiger partial charge in [-0.25, -0.2) is 0 Å². The lowest BCUT2D eigenvalue weighted by atomic mass is 9.97. The minimum Gasteiger partial charge on any atom is -0.493 e. The van der Waals surface area contributed by atoms with Crippen LogP contribution in [0.2, 0.25) is 0 Å². The van der Waals surface area contributed by atoms with E-state index in [1.165, 1.54) is 0 Å². The lowest BCUT2D eigenvalue weighted by Gasteiger charge is -2.31. The molecule has 0 unspecified atom stereocenters. The first-order valence-electron chi connectivity index (χ1n) is 11.7. The van der Waals surface area contributed by atoms with Crippen LogP contribution in [0.15, 0.2) is 24.3 Å². The first kappa shape index (κ1) is 27.4. The summed E-state index contributed by atoms with van der Waals surface area (Å²) < 4.78 is 17.1. The second kappa shape index (κ2) is 15.2. The molecular formula is C25H44N2O4. The summed E-state index contributed by atoms with van der Waals surface area (Å²) in [6.07, 6.45) is 1.11. The van der Waals surface area contributed by atoms with Gasteiger partial charge in [0.15, 0.2) is 6.29 Å². The van der Waals surface area contributed by atoms with Crippen LogP contribution in [-0.2, 0) is 20.7 Å². The molecule has 0 saturated carbocycles. The molecule has 0 fully saturated rings. The molecule has 1 rings (SSSR count). The minimum absolute atomic E-state index is 0.0627. The molecule has 0 aliphatic heterocycles. The summed E-state index contributed by atoms with van der Waals surface area (Å²) in [5, 5.41) is 0. The van der Waals surface area contributed by atoms with E-state index >= 15 is 0 Å². The van der Waals surface area contributed by atoms with Gasteiger partial charge in [0.05, 0.1) is 19.1 Å². The topological polar surface area (TPSA) is 74.0 Å². The maximum atomic E-state index is 13.4. The lowest BCUT2D eigenvalue weighted by Crippen LogP contribution is -2.45. The lowest BCUT2D eigenvalue weighted by molar-refractivity contribution is -0.161. The van der Waals surface area contributed by atoms with Gasteiger partial charge in [0, 0.05) is 26.3 Å². The van der Waals surface area contributed by atoms with E-state index in [0.29, 0.717) is 57.7 Å². The van der Waals surface area contributed by atoms with Crippen LogP contribution in [0.3, 0.4) is 0 Å². The van der Waals surface area contributed by atoms with Crippen molar-refractivity contribution in [3.8, 4) is 5.75 Å². The predicted molar refractivity (Wildman–Crippen MR) is 126 cm³/mol. The molecular weight excluding hydrogens is 392 g/mol. The standard InChI is InChI=1S/C25H44N2O4/c1-7-29-24(30-8-2)17-27(14-13-19(3)4)25(28)22(16-26)15-21-9-11-23(12-10-21)31-18-20(5)6/h9-12,19-20,22,24H,7-8,13-18,26H2,1-6H3/t22-/m1/s1. The van der Waals surface area contributed by atoms with Gasteiger partial charge in [-0.05, 0) is 56.2 Å². The van der Waals surface area contributed by atoms with Crippen molar-refractivity contribution in [1.29, 1.82) is 0 Å². The fraction of sp³-hybridized carbons (Fsp3) is 0.720. The van der Waals surface area contributed by atoms with Gasteiger partial charge >= 0.3 is 0 Å². The molecule has 178 valence electrons. The summed E-state index contributed by atoms with van der Waals surface area (Å²) >= 11 is 0. The molecule has 1 aromatic carbocycles. The number of rotatable bonds is 16. The van der Waals surface area contributed by atoms with Crippen molar-refractivity contribution in [2.75, 3.05) is 39.5 Å². The number of ether oxygens (including phenoxy) is 3. The Morgan fingerprint density at radius 1 is 1.00 bits per heavy atom. The third-order valence-electron chi connectivity index (χ3n) is 4.99. The number of benzene rings is 1. The molecule has 31 heavy (non-hydrogen) atoms. The van der Waals surface area contributed by atoms with E-state index < -0.39 is 6.29 Å². The van der Waals surface area contributed by atoms with E-state index in [9.17, 15) is 4.79 Å². The Morgan fingerprint density at radius 3 is 2.10 bits per heavy atom. The van der Waals surface area contributed by atoms with Gasteiger partial charge in [0.1, 0.15) is 5.75 Å². The summed E-state index contributed by atoms with van der Waals surface area (Å²) in [5.41, 5.74) is 7.12. The second-order valence-electron chi connectivity index (χ2n) is 8.79. The van der Waals surface area contributed by atoms with Crippen molar-refractivity contribution in [3.05, 3.63) is 29.8 Å². The Kier molecular flexibility index (Phi) is 13.5. The van der Waals surface area contributed by atoms with Gasteiger partial charge < -0.3 is 24.8 Å². The van der Waals surface area contributed by atoms with Crippen LogP contribution in [0.4, 0.5) is 0 Å². The molecule has 0 bridgehead atoms. The van der Waals surface area contributed by atoms with Gasteiger partial charge in [-0.1, -0.05) is 39.8 Å². The number of carbonyl (C=O) groups excluding carboxylic acids is 1. The molecule has 1 aromatic rings. The van der Waals surface area contributed by atoms with Crippen molar-refractivity contribution in [2.24, 2.45) is 23.5 Å². The molecule has 0 radical (unpaired) electrons. The maximum absolute atomic E-state index is 13.4. The van der Waals surface area contributed by atoms with Crippen LogP contribution >= 0.6 is 0 Å². The van der Waals surface area contributed by atoms with Crippen LogP contribution < -0.4 is 10.5 Å². The van der Waals surface area contributed by atoms with Crippen molar-refractivity contribution in [2.45, 2.75) is 60.7 Å². The van der Waals surface area contributed by atoms with E-state index in [-0.39, 0.29) is 11.8 Å². The highest BCUT2D eigenvalue weighted by atomic mass is 16.7. The Labute approximate surface area is 189 Å². The Balaban J connectivity index is 2.85. The van der Waals surface area contributed by atoms with Crippen LogP contribution in [0.1, 0.15) is 53.5 Å². The summed E-state index contributed by atoms with van der Waals surface area (Å²) in [7, 11) is 0. The van der Waals surface area contributed by atoms with E-state index in [1.807, 2.05) is 43.0 Å². The second-order valence-corrected chi connectivity index (χ2v) is 8.79. The van der Waals surface area contributed by atoms with Crippen molar-refractivity contribution in [1.82, 2.24) is 4.90 Å². The first-order chi connectivity index (χ1) is 14.8. The molecule has 1 atom stereocenters. The van der Waals surface area contributed by atoms with Crippen LogP contribution in [0.25, 0.3) is 0 Å². The number of carbonyl (C=O) groups is 1. The van der Waals surface area contributed by atoms with Crippen molar-refractivity contribution < 1.29 is 19.0 Å². The van der Waals surface area contributed by atoms with Gasteiger partial charge in [-0.2, -0.15) is 0 Å². The zero-order valence-electron chi connectivity index (χ0n) is 20.4. The van der Waals surface area contributed by atoms with Crippen LogP contribution in [0.5, 0.6) is 5.75 Å². The fourth-order valence-electron chi connectivity index (χ4n) is 3.21.